The largest absolute Gasteiger partial charge is 0.330 e. The fraction of sp³-hybridized carbons (Fsp3) is 0.154. The van der Waals surface area contributed by atoms with Gasteiger partial charge in [-0.05, 0) is 6.07 Å². The van der Waals surface area contributed by atoms with E-state index in [0.717, 1.165) is 10.9 Å². The monoisotopic (exact) mass is 214 g/mol. The molecular formula is C13H11FN2. The SMILES string of the molecule is NCCC#Cc1cncc2c(F)cccc12. The van der Waals surface area contributed by atoms with Crippen LogP contribution in [0.2, 0.25) is 0 Å². The summed E-state index contributed by atoms with van der Waals surface area (Å²) in [7, 11) is 0. The molecule has 0 atom stereocenters. The van der Waals surface area contributed by atoms with Crippen LogP contribution in [0, 0.1) is 17.7 Å². The van der Waals surface area contributed by atoms with Gasteiger partial charge in [-0.15, -0.1) is 0 Å². The maximum Gasteiger partial charge on any atom is 0.132 e. The lowest BCUT2D eigenvalue weighted by Gasteiger charge is -2.00. The topological polar surface area (TPSA) is 38.9 Å². The Morgan fingerprint density at radius 2 is 2.12 bits per heavy atom. The van der Waals surface area contributed by atoms with Crippen molar-refractivity contribution in [2.75, 3.05) is 6.54 Å². The van der Waals surface area contributed by atoms with Crippen LogP contribution in [0.15, 0.2) is 30.6 Å². The van der Waals surface area contributed by atoms with Crippen LogP contribution in [0.1, 0.15) is 12.0 Å². The van der Waals surface area contributed by atoms with Gasteiger partial charge in [0.25, 0.3) is 0 Å². The Kier molecular flexibility index (Phi) is 3.13. The fourth-order valence-electron chi connectivity index (χ4n) is 1.49. The molecule has 1 heterocycles. The molecule has 2 rings (SSSR count). The second-order valence-electron chi connectivity index (χ2n) is 3.36. The quantitative estimate of drug-likeness (QED) is 0.738. The van der Waals surface area contributed by atoms with Crippen molar-refractivity contribution in [2.45, 2.75) is 6.42 Å². The first-order valence-electron chi connectivity index (χ1n) is 5.04. The third-order valence-corrected chi connectivity index (χ3v) is 2.24. The van der Waals surface area contributed by atoms with Crippen molar-refractivity contribution in [3.63, 3.8) is 0 Å². The molecule has 80 valence electrons. The van der Waals surface area contributed by atoms with Crippen LogP contribution in [0.5, 0.6) is 0 Å². The number of hydrogen-bond acceptors (Lipinski definition) is 2. The Morgan fingerprint density at radius 3 is 2.94 bits per heavy atom. The number of nitrogens with two attached hydrogens (primary N) is 1. The molecule has 1 aromatic carbocycles. The predicted molar refractivity (Wildman–Crippen MR) is 62.3 cm³/mol. The van der Waals surface area contributed by atoms with Gasteiger partial charge in [0.1, 0.15) is 5.82 Å². The van der Waals surface area contributed by atoms with Gasteiger partial charge in [-0.1, -0.05) is 24.0 Å². The van der Waals surface area contributed by atoms with Crippen molar-refractivity contribution in [1.29, 1.82) is 0 Å². The molecule has 3 heteroatoms. The van der Waals surface area contributed by atoms with Gasteiger partial charge in [-0.2, -0.15) is 0 Å². The first-order chi connectivity index (χ1) is 7.83. The second kappa shape index (κ2) is 4.73. The Bertz CT molecular complexity index is 567. The third-order valence-electron chi connectivity index (χ3n) is 2.24. The van der Waals surface area contributed by atoms with Crippen molar-refractivity contribution >= 4 is 10.8 Å². The minimum Gasteiger partial charge on any atom is -0.330 e. The standard InChI is InChI=1S/C13H11FN2/c14-13-6-3-5-11-10(4-1-2-7-15)8-16-9-12(11)13/h3,5-6,8-9H,2,7,15H2. The first kappa shape index (κ1) is 10.6. The van der Waals surface area contributed by atoms with Crippen LogP contribution in [0.4, 0.5) is 4.39 Å². The molecule has 0 spiro atoms. The second-order valence-corrected chi connectivity index (χ2v) is 3.36. The van der Waals surface area contributed by atoms with Crippen molar-refractivity contribution < 1.29 is 4.39 Å². The molecule has 0 aliphatic carbocycles. The summed E-state index contributed by atoms with van der Waals surface area (Å²) in [6.07, 6.45) is 3.79. The number of nitrogens with zero attached hydrogens (tertiary/aromatic N) is 1. The molecule has 16 heavy (non-hydrogen) atoms. The maximum atomic E-state index is 13.4. The number of benzene rings is 1. The predicted octanol–water partition coefficient (Wildman–Crippen LogP) is 2.07. The molecule has 0 radical (unpaired) electrons. The number of aromatic nitrogens is 1. The summed E-state index contributed by atoms with van der Waals surface area (Å²) >= 11 is 0. The number of halogens is 1. The number of rotatable bonds is 1. The number of pyridine rings is 1. The highest BCUT2D eigenvalue weighted by Gasteiger charge is 2.02. The molecule has 0 amide bonds. The highest BCUT2D eigenvalue weighted by Crippen LogP contribution is 2.19. The zero-order valence-electron chi connectivity index (χ0n) is 8.70. The summed E-state index contributed by atoms with van der Waals surface area (Å²) < 4.78 is 13.4. The lowest BCUT2D eigenvalue weighted by Crippen LogP contribution is -1.95. The maximum absolute atomic E-state index is 13.4. The van der Waals surface area contributed by atoms with E-state index < -0.39 is 0 Å². The van der Waals surface area contributed by atoms with Crippen molar-refractivity contribution in [2.24, 2.45) is 5.73 Å². The molecule has 0 saturated heterocycles. The molecule has 2 N–H and O–H groups in total. The van der Waals surface area contributed by atoms with Crippen molar-refractivity contribution in [3.8, 4) is 11.8 Å². The summed E-state index contributed by atoms with van der Waals surface area (Å²) in [4.78, 5) is 3.98. The molecule has 2 aromatic rings. The van der Waals surface area contributed by atoms with Crippen molar-refractivity contribution in [3.05, 3.63) is 42.0 Å². The van der Waals surface area contributed by atoms with Gasteiger partial charge in [0.2, 0.25) is 0 Å². The molecule has 1 aromatic heterocycles. The zero-order valence-corrected chi connectivity index (χ0v) is 8.70. The minimum atomic E-state index is -0.271. The lowest BCUT2D eigenvalue weighted by atomic mass is 10.1. The van der Waals surface area contributed by atoms with E-state index in [4.69, 9.17) is 5.73 Å². The molecular weight excluding hydrogens is 203 g/mol. The average Bonchev–Trinajstić information content (AvgIpc) is 2.31. The highest BCUT2D eigenvalue weighted by molar-refractivity contribution is 5.87. The number of fused-ring (bicyclic) bond motifs is 1. The molecule has 0 unspecified atom stereocenters. The number of hydrogen-bond donors (Lipinski definition) is 1. The van der Waals surface area contributed by atoms with Gasteiger partial charge in [0, 0.05) is 36.1 Å². The van der Waals surface area contributed by atoms with E-state index >= 15 is 0 Å². The summed E-state index contributed by atoms with van der Waals surface area (Å²) in [5.41, 5.74) is 6.09. The van der Waals surface area contributed by atoms with E-state index in [1.165, 1.54) is 12.3 Å². The lowest BCUT2D eigenvalue weighted by molar-refractivity contribution is 0.639. The molecule has 2 nitrogen and oxygen atoms in total. The van der Waals surface area contributed by atoms with Gasteiger partial charge >= 0.3 is 0 Å². The van der Waals surface area contributed by atoms with Gasteiger partial charge in [-0.3, -0.25) is 4.98 Å². The Hall–Kier alpha value is -1.92. The summed E-state index contributed by atoms with van der Waals surface area (Å²) in [5, 5.41) is 1.29. The normalized spacial score (nSPS) is 9.88. The van der Waals surface area contributed by atoms with Gasteiger partial charge in [-0.25, -0.2) is 4.39 Å². The summed E-state index contributed by atoms with van der Waals surface area (Å²) in [6, 6.07) is 4.93. The van der Waals surface area contributed by atoms with Crippen molar-refractivity contribution in [1.82, 2.24) is 4.98 Å². The average molecular weight is 214 g/mol. The van der Waals surface area contributed by atoms with Gasteiger partial charge < -0.3 is 5.73 Å². The highest BCUT2D eigenvalue weighted by atomic mass is 19.1. The van der Waals surface area contributed by atoms with E-state index in [1.54, 1.807) is 12.3 Å². The minimum absolute atomic E-state index is 0.271. The van der Waals surface area contributed by atoms with Crippen LogP contribution in [-0.4, -0.2) is 11.5 Å². The molecule has 0 fully saturated rings. The van der Waals surface area contributed by atoms with E-state index in [-0.39, 0.29) is 5.82 Å². The molecule has 0 bridgehead atoms. The molecule has 0 aliphatic rings. The van der Waals surface area contributed by atoms with Crippen LogP contribution in [0.3, 0.4) is 0 Å². The van der Waals surface area contributed by atoms with Crippen LogP contribution >= 0.6 is 0 Å². The fourth-order valence-corrected chi connectivity index (χ4v) is 1.49. The molecule has 0 saturated carbocycles. The summed E-state index contributed by atoms with van der Waals surface area (Å²) in [6.45, 7) is 0.527. The van der Waals surface area contributed by atoms with Crippen LogP contribution < -0.4 is 5.73 Å². The van der Waals surface area contributed by atoms with Gasteiger partial charge in [0.15, 0.2) is 0 Å². The van der Waals surface area contributed by atoms with E-state index in [9.17, 15) is 4.39 Å². The van der Waals surface area contributed by atoms with E-state index in [0.29, 0.717) is 18.4 Å². The molecule has 0 aliphatic heterocycles. The first-order valence-corrected chi connectivity index (χ1v) is 5.04. The smallest absolute Gasteiger partial charge is 0.132 e. The zero-order chi connectivity index (χ0) is 11.4. The Morgan fingerprint density at radius 1 is 1.25 bits per heavy atom. The van der Waals surface area contributed by atoms with E-state index in [1.807, 2.05) is 6.07 Å². The van der Waals surface area contributed by atoms with Crippen LogP contribution in [-0.2, 0) is 0 Å². The van der Waals surface area contributed by atoms with Gasteiger partial charge in [0.05, 0.1) is 5.56 Å². The summed E-state index contributed by atoms with van der Waals surface area (Å²) in [5.74, 6) is 5.61. The van der Waals surface area contributed by atoms with E-state index in [2.05, 4.69) is 16.8 Å². The Balaban J connectivity index is 2.55. The Labute approximate surface area is 93.3 Å². The third kappa shape index (κ3) is 2.02. The van der Waals surface area contributed by atoms with Crippen LogP contribution in [0.25, 0.3) is 10.8 Å².